The number of amides is 2. The number of halogens is 1. The van der Waals surface area contributed by atoms with E-state index in [9.17, 15) is 19.6 Å². The van der Waals surface area contributed by atoms with E-state index in [0.29, 0.717) is 32.7 Å². The lowest BCUT2D eigenvalue weighted by atomic mass is 10.1. The Hall–Kier alpha value is -4.42. The number of esters is 1. The van der Waals surface area contributed by atoms with Gasteiger partial charge in [-0.15, -0.1) is 0 Å². The van der Waals surface area contributed by atoms with E-state index >= 15 is 0 Å². The number of para-hydroxylation sites is 1. The summed E-state index contributed by atoms with van der Waals surface area (Å²) in [6.07, 6.45) is 1.43. The number of rotatable bonds is 8. The van der Waals surface area contributed by atoms with Crippen molar-refractivity contribution in [2.75, 3.05) is 24.4 Å². The molecule has 0 bridgehead atoms. The van der Waals surface area contributed by atoms with Crippen LogP contribution in [0.4, 0.5) is 11.4 Å². The molecule has 0 aromatic heterocycles. The van der Waals surface area contributed by atoms with Crippen molar-refractivity contribution in [1.29, 1.82) is 5.26 Å². The minimum atomic E-state index is -0.604. The van der Waals surface area contributed by atoms with Crippen molar-refractivity contribution in [2.45, 2.75) is 6.92 Å². The third-order valence-electron chi connectivity index (χ3n) is 4.97. The molecular weight excluding hydrogens is 526 g/mol. The molecule has 0 saturated carbocycles. The number of hydrogen-bond donors (Lipinski definition) is 2. The monoisotopic (exact) mass is 547 g/mol. The normalized spacial score (nSPS) is 10.7. The highest BCUT2D eigenvalue weighted by Crippen LogP contribution is 2.27. The predicted octanol–water partition coefficient (Wildman–Crippen LogP) is 5.11. The van der Waals surface area contributed by atoms with E-state index in [-0.39, 0.29) is 18.1 Å². The number of nitriles is 1. The number of benzene rings is 3. The number of ether oxygens (including phenoxy) is 2. The van der Waals surface area contributed by atoms with Gasteiger partial charge in [0.25, 0.3) is 11.8 Å². The van der Waals surface area contributed by atoms with E-state index in [1.807, 2.05) is 37.3 Å². The number of aryl methyl sites for hydroxylation is 1. The van der Waals surface area contributed by atoms with Gasteiger partial charge in [-0.2, -0.15) is 5.26 Å². The van der Waals surface area contributed by atoms with Gasteiger partial charge in [-0.05, 0) is 82.5 Å². The van der Waals surface area contributed by atoms with E-state index < -0.39 is 11.9 Å². The van der Waals surface area contributed by atoms with Crippen LogP contribution < -0.4 is 15.4 Å². The first kappa shape index (κ1) is 26.2. The van der Waals surface area contributed by atoms with Gasteiger partial charge in [0.05, 0.1) is 17.1 Å². The average molecular weight is 548 g/mol. The lowest BCUT2D eigenvalue weighted by Gasteiger charge is -2.11. The van der Waals surface area contributed by atoms with Gasteiger partial charge in [0.15, 0.2) is 6.61 Å². The molecule has 3 rings (SSSR count). The zero-order valence-corrected chi connectivity index (χ0v) is 21.1. The van der Waals surface area contributed by atoms with Crippen molar-refractivity contribution < 1.29 is 23.9 Å². The maximum absolute atomic E-state index is 12.6. The molecule has 0 atom stereocenters. The van der Waals surface area contributed by atoms with Gasteiger partial charge in [0, 0.05) is 11.4 Å². The standard InChI is InChI=1S/C27H22BrN3O5/c1-17-5-3-4-6-23(17)31-25(32)16-36-24-12-7-18(14-22(24)28)13-20(15-29)26(33)30-21-10-8-19(9-11-21)27(34)35-2/h3-14H,16H2,1-2H3,(H,30,33)(H,31,32)/b20-13-. The SMILES string of the molecule is COC(=O)c1ccc(NC(=O)/C(C#N)=C\c2ccc(OCC(=O)Nc3ccccc3C)c(Br)c2)cc1. The number of nitrogens with one attached hydrogen (secondary N) is 2. The van der Waals surface area contributed by atoms with Gasteiger partial charge < -0.3 is 20.1 Å². The molecule has 0 heterocycles. The second-order valence-corrected chi connectivity index (χ2v) is 8.39. The van der Waals surface area contributed by atoms with E-state index in [4.69, 9.17) is 4.74 Å². The van der Waals surface area contributed by atoms with Crippen LogP contribution in [0.2, 0.25) is 0 Å². The summed E-state index contributed by atoms with van der Waals surface area (Å²) in [5.74, 6) is -0.966. The highest BCUT2D eigenvalue weighted by Gasteiger charge is 2.12. The summed E-state index contributed by atoms with van der Waals surface area (Å²) >= 11 is 3.40. The molecular formula is C27H22BrN3O5. The molecule has 36 heavy (non-hydrogen) atoms. The Morgan fingerprint density at radius 3 is 2.39 bits per heavy atom. The Bertz CT molecular complexity index is 1360. The fourth-order valence-corrected chi connectivity index (χ4v) is 3.60. The van der Waals surface area contributed by atoms with Crippen molar-refractivity contribution in [3.63, 3.8) is 0 Å². The van der Waals surface area contributed by atoms with Crippen LogP contribution in [-0.4, -0.2) is 31.5 Å². The van der Waals surface area contributed by atoms with Gasteiger partial charge in [-0.25, -0.2) is 4.79 Å². The third kappa shape index (κ3) is 7.04. The molecule has 0 fully saturated rings. The van der Waals surface area contributed by atoms with Gasteiger partial charge >= 0.3 is 5.97 Å². The Kier molecular flexibility index (Phi) is 8.97. The van der Waals surface area contributed by atoms with Crippen molar-refractivity contribution in [3.05, 3.63) is 93.5 Å². The zero-order chi connectivity index (χ0) is 26.1. The second kappa shape index (κ2) is 12.3. The smallest absolute Gasteiger partial charge is 0.337 e. The molecule has 0 aliphatic carbocycles. The summed E-state index contributed by atoms with van der Waals surface area (Å²) in [7, 11) is 1.28. The first-order valence-electron chi connectivity index (χ1n) is 10.7. The fourth-order valence-electron chi connectivity index (χ4n) is 3.09. The van der Waals surface area contributed by atoms with Crippen molar-refractivity contribution in [1.82, 2.24) is 0 Å². The van der Waals surface area contributed by atoms with Crippen LogP contribution in [0.3, 0.4) is 0 Å². The number of carbonyl (C=O) groups is 3. The molecule has 0 spiro atoms. The van der Waals surface area contributed by atoms with Crippen molar-refractivity contribution >= 4 is 51.2 Å². The number of hydrogen-bond acceptors (Lipinski definition) is 6. The van der Waals surface area contributed by atoms with Crippen LogP contribution in [0.15, 0.2) is 76.8 Å². The van der Waals surface area contributed by atoms with Crippen LogP contribution in [0, 0.1) is 18.3 Å². The third-order valence-corrected chi connectivity index (χ3v) is 5.59. The van der Waals surface area contributed by atoms with Gasteiger partial charge in [-0.1, -0.05) is 24.3 Å². The Morgan fingerprint density at radius 2 is 1.75 bits per heavy atom. The average Bonchev–Trinajstić information content (AvgIpc) is 2.88. The van der Waals surface area contributed by atoms with Gasteiger partial charge in [0.1, 0.15) is 17.4 Å². The summed E-state index contributed by atoms with van der Waals surface area (Å²) in [5, 5.41) is 14.9. The molecule has 3 aromatic carbocycles. The minimum absolute atomic E-state index is 0.120. The summed E-state index contributed by atoms with van der Waals surface area (Å²) in [6, 6.07) is 20.4. The van der Waals surface area contributed by atoms with Crippen LogP contribution in [0.25, 0.3) is 6.08 Å². The molecule has 182 valence electrons. The molecule has 0 saturated heterocycles. The van der Waals surface area contributed by atoms with Gasteiger partial charge in [-0.3, -0.25) is 9.59 Å². The fraction of sp³-hybridized carbons (Fsp3) is 0.111. The maximum Gasteiger partial charge on any atom is 0.337 e. The molecule has 0 aliphatic heterocycles. The molecule has 3 aromatic rings. The Labute approximate surface area is 216 Å². The summed E-state index contributed by atoms with van der Waals surface area (Å²) in [4.78, 5) is 36.3. The lowest BCUT2D eigenvalue weighted by molar-refractivity contribution is -0.118. The van der Waals surface area contributed by atoms with Crippen LogP contribution in [0.5, 0.6) is 5.75 Å². The first-order chi connectivity index (χ1) is 17.3. The van der Waals surface area contributed by atoms with E-state index in [1.165, 1.54) is 37.5 Å². The molecule has 0 aliphatic rings. The van der Waals surface area contributed by atoms with E-state index in [1.54, 1.807) is 18.2 Å². The Balaban J connectivity index is 1.63. The van der Waals surface area contributed by atoms with E-state index in [2.05, 4.69) is 31.3 Å². The van der Waals surface area contributed by atoms with Crippen LogP contribution in [0.1, 0.15) is 21.5 Å². The largest absolute Gasteiger partial charge is 0.483 e. The minimum Gasteiger partial charge on any atom is -0.483 e. The zero-order valence-electron chi connectivity index (χ0n) is 19.5. The molecule has 9 heteroatoms. The summed E-state index contributed by atoms with van der Waals surface area (Å²) in [5.41, 5.74) is 2.87. The lowest BCUT2D eigenvalue weighted by Crippen LogP contribution is -2.20. The number of nitrogens with zero attached hydrogens (tertiary/aromatic N) is 1. The first-order valence-corrected chi connectivity index (χ1v) is 11.5. The van der Waals surface area contributed by atoms with Crippen molar-refractivity contribution in [2.24, 2.45) is 0 Å². The molecule has 2 N–H and O–H groups in total. The van der Waals surface area contributed by atoms with Crippen LogP contribution >= 0.6 is 15.9 Å². The van der Waals surface area contributed by atoms with Crippen molar-refractivity contribution in [3.8, 4) is 11.8 Å². The van der Waals surface area contributed by atoms with Crippen LogP contribution in [-0.2, 0) is 14.3 Å². The highest BCUT2D eigenvalue weighted by atomic mass is 79.9. The highest BCUT2D eigenvalue weighted by molar-refractivity contribution is 9.10. The molecule has 2 amide bonds. The molecule has 0 unspecified atom stereocenters. The summed E-state index contributed by atoms with van der Waals surface area (Å²) < 4.78 is 10.8. The van der Waals surface area contributed by atoms with E-state index in [0.717, 1.165) is 5.56 Å². The topological polar surface area (TPSA) is 118 Å². The predicted molar refractivity (Wildman–Crippen MR) is 139 cm³/mol. The molecule has 0 radical (unpaired) electrons. The number of methoxy groups -OCH3 is 1. The molecule has 8 nitrogen and oxygen atoms in total. The van der Waals surface area contributed by atoms with Gasteiger partial charge in [0.2, 0.25) is 0 Å². The number of anilines is 2. The second-order valence-electron chi connectivity index (χ2n) is 7.53. The summed E-state index contributed by atoms with van der Waals surface area (Å²) in [6.45, 7) is 1.71. The quantitative estimate of drug-likeness (QED) is 0.230. The maximum atomic E-state index is 12.6. The Morgan fingerprint density at radius 1 is 1.03 bits per heavy atom. The number of carbonyl (C=O) groups excluding carboxylic acids is 3.